The molecule has 0 aliphatic heterocycles. The van der Waals surface area contributed by atoms with Crippen LogP contribution >= 0.6 is 0 Å². The molecule has 86 valence electrons. The van der Waals surface area contributed by atoms with Crippen LogP contribution in [0.2, 0.25) is 0 Å². The first kappa shape index (κ1) is 11.2. The van der Waals surface area contributed by atoms with Gasteiger partial charge in [0.15, 0.2) is 0 Å². The van der Waals surface area contributed by atoms with E-state index in [1.807, 2.05) is 6.07 Å². The van der Waals surface area contributed by atoms with Crippen molar-refractivity contribution in [2.75, 3.05) is 0 Å². The zero-order valence-corrected chi connectivity index (χ0v) is 9.13. The second kappa shape index (κ2) is 4.70. The number of phenolic OH excluding ortho intramolecular Hbond substituents is 1. The molecule has 0 heterocycles. The second-order valence-electron chi connectivity index (χ2n) is 3.81. The maximum absolute atomic E-state index is 11.0. The summed E-state index contributed by atoms with van der Waals surface area (Å²) in [5.74, 6) is -0.709. The zero-order valence-electron chi connectivity index (χ0n) is 9.13. The van der Waals surface area contributed by atoms with E-state index in [0.29, 0.717) is 12.0 Å². The lowest BCUT2D eigenvalue weighted by atomic mass is 10.00. The van der Waals surface area contributed by atoms with Crippen molar-refractivity contribution in [1.29, 1.82) is 0 Å². The number of benzene rings is 2. The Morgan fingerprint density at radius 3 is 2.29 bits per heavy atom. The zero-order chi connectivity index (χ0) is 12.3. The highest BCUT2D eigenvalue weighted by Gasteiger charge is 2.09. The van der Waals surface area contributed by atoms with Crippen LogP contribution in [0, 0.1) is 0 Å². The predicted molar refractivity (Wildman–Crippen MR) is 64.3 cm³/mol. The third kappa shape index (κ3) is 2.64. The van der Waals surface area contributed by atoms with Gasteiger partial charge in [-0.15, -0.1) is 0 Å². The Balaban J connectivity index is 2.30. The molecule has 17 heavy (non-hydrogen) atoms. The number of carboxylic acid groups (broad SMARTS) is 1. The van der Waals surface area contributed by atoms with Gasteiger partial charge in [-0.3, -0.25) is 0 Å². The van der Waals surface area contributed by atoms with Gasteiger partial charge in [0.1, 0.15) is 5.75 Å². The summed E-state index contributed by atoms with van der Waals surface area (Å²) in [6.07, 6.45) is 0.544. The van der Waals surface area contributed by atoms with Crippen LogP contribution in [-0.4, -0.2) is 16.2 Å². The SMILES string of the molecule is O=C(O)c1ccccc1Cc1ccc(O)cc1. The van der Waals surface area contributed by atoms with E-state index in [0.717, 1.165) is 11.1 Å². The minimum atomic E-state index is -0.917. The van der Waals surface area contributed by atoms with E-state index in [1.54, 1.807) is 42.5 Å². The summed E-state index contributed by atoms with van der Waals surface area (Å²) in [4.78, 5) is 11.0. The summed E-state index contributed by atoms with van der Waals surface area (Å²) in [6.45, 7) is 0. The first-order chi connectivity index (χ1) is 8.16. The summed E-state index contributed by atoms with van der Waals surface area (Å²) >= 11 is 0. The molecule has 0 atom stereocenters. The third-order valence-corrected chi connectivity index (χ3v) is 2.58. The maximum Gasteiger partial charge on any atom is 0.335 e. The van der Waals surface area contributed by atoms with Crippen LogP contribution in [0.1, 0.15) is 21.5 Å². The fraction of sp³-hybridized carbons (Fsp3) is 0.0714. The van der Waals surface area contributed by atoms with Gasteiger partial charge in [0.25, 0.3) is 0 Å². The molecule has 2 aromatic rings. The van der Waals surface area contributed by atoms with Crippen molar-refractivity contribution in [1.82, 2.24) is 0 Å². The summed E-state index contributed by atoms with van der Waals surface area (Å²) in [5.41, 5.74) is 2.06. The fourth-order valence-corrected chi connectivity index (χ4v) is 1.72. The van der Waals surface area contributed by atoms with E-state index in [2.05, 4.69) is 0 Å². The van der Waals surface area contributed by atoms with E-state index in [-0.39, 0.29) is 5.75 Å². The van der Waals surface area contributed by atoms with Crippen molar-refractivity contribution in [3.8, 4) is 5.75 Å². The number of phenols is 1. The normalized spacial score (nSPS) is 10.1. The Labute approximate surface area is 99.0 Å². The van der Waals surface area contributed by atoms with Gasteiger partial charge in [-0.2, -0.15) is 0 Å². The number of rotatable bonds is 3. The molecule has 0 aliphatic rings. The maximum atomic E-state index is 11.0. The average Bonchev–Trinajstić information content (AvgIpc) is 2.32. The molecule has 2 rings (SSSR count). The van der Waals surface area contributed by atoms with Gasteiger partial charge in [0.05, 0.1) is 5.56 Å². The summed E-state index contributed by atoms with van der Waals surface area (Å²) in [5, 5.41) is 18.2. The Bertz CT molecular complexity index is 529. The molecular formula is C14H12O3. The van der Waals surface area contributed by atoms with Crippen molar-refractivity contribution in [2.45, 2.75) is 6.42 Å². The predicted octanol–water partition coefficient (Wildman–Crippen LogP) is 2.68. The van der Waals surface area contributed by atoms with E-state index in [4.69, 9.17) is 5.11 Å². The minimum Gasteiger partial charge on any atom is -0.508 e. The summed E-state index contributed by atoms with van der Waals surface area (Å²) in [7, 11) is 0. The van der Waals surface area contributed by atoms with Crippen molar-refractivity contribution in [3.05, 3.63) is 65.2 Å². The van der Waals surface area contributed by atoms with Crippen LogP contribution in [0.3, 0.4) is 0 Å². The highest BCUT2D eigenvalue weighted by atomic mass is 16.4. The number of aromatic hydroxyl groups is 1. The van der Waals surface area contributed by atoms with E-state index >= 15 is 0 Å². The molecule has 3 heteroatoms. The standard InChI is InChI=1S/C14H12O3/c15-12-7-5-10(6-8-12)9-11-3-1-2-4-13(11)14(16)17/h1-8,15H,9H2,(H,16,17). The van der Waals surface area contributed by atoms with Crippen LogP contribution in [0.5, 0.6) is 5.75 Å². The van der Waals surface area contributed by atoms with Crippen molar-refractivity contribution in [2.24, 2.45) is 0 Å². The molecule has 0 unspecified atom stereocenters. The highest BCUT2D eigenvalue weighted by molar-refractivity contribution is 5.89. The van der Waals surface area contributed by atoms with E-state index in [9.17, 15) is 9.90 Å². The van der Waals surface area contributed by atoms with Crippen LogP contribution in [0.25, 0.3) is 0 Å². The van der Waals surface area contributed by atoms with Crippen LogP contribution in [-0.2, 0) is 6.42 Å². The fourth-order valence-electron chi connectivity index (χ4n) is 1.72. The first-order valence-electron chi connectivity index (χ1n) is 5.26. The van der Waals surface area contributed by atoms with Crippen molar-refractivity contribution < 1.29 is 15.0 Å². The molecule has 0 spiro atoms. The smallest absolute Gasteiger partial charge is 0.335 e. The van der Waals surface area contributed by atoms with Gasteiger partial charge < -0.3 is 10.2 Å². The lowest BCUT2D eigenvalue weighted by Crippen LogP contribution is -2.02. The lowest BCUT2D eigenvalue weighted by molar-refractivity contribution is 0.0696. The molecule has 2 aromatic carbocycles. The summed E-state index contributed by atoms with van der Waals surface area (Å²) < 4.78 is 0. The topological polar surface area (TPSA) is 57.5 Å². The highest BCUT2D eigenvalue weighted by Crippen LogP contribution is 2.16. The molecular weight excluding hydrogens is 216 g/mol. The molecule has 0 saturated heterocycles. The number of aromatic carboxylic acids is 1. The first-order valence-corrected chi connectivity index (χ1v) is 5.26. The van der Waals surface area contributed by atoms with Gasteiger partial charge >= 0.3 is 5.97 Å². The molecule has 0 radical (unpaired) electrons. The Hall–Kier alpha value is -2.29. The quantitative estimate of drug-likeness (QED) is 0.849. The Morgan fingerprint density at radius 1 is 1.00 bits per heavy atom. The molecule has 0 saturated carbocycles. The van der Waals surface area contributed by atoms with Crippen LogP contribution < -0.4 is 0 Å². The van der Waals surface area contributed by atoms with Crippen molar-refractivity contribution >= 4 is 5.97 Å². The third-order valence-electron chi connectivity index (χ3n) is 2.58. The number of hydrogen-bond acceptors (Lipinski definition) is 2. The monoisotopic (exact) mass is 228 g/mol. The van der Waals surface area contributed by atoms with Gasteiger partial charge in [-0.25, -0.2) is 4.79 Å². The molecule has 2 N–H and O–H groups in total. The molecule has 0 fully saturated rings. The van der Waals surface area contributed by atoms with E-state index < -0.39 is 5.97 Å². The number of carbonyl (C=O) groups is 1. The van der Waals surface area contributed by atoms with E-state index in [1.165, 1.54) is 0 Å². The van der Waals surface area contributed by atoms with Crippen LogP contribution in [0.4, 0.5) is 0 Å². The number of carboxylic acids is 1. The number of hydrogen-bond donors (Lipinski definition) is 2. The Kier molecular flexibility index (Phi) is 3.10. The van der Waals surface area contributed by atoms with Gasteiger partial charge in [-0.1, -0.05) is 30.3 Å². The lowest BCUT2D eigenvalue weighted by Gasteiger charge is -2.06. The average molecular weight is 228 g/mol. The van der Waals surface area contributed by atoms with Crippen molar-refractivity contribution in [3.63, 3.8) is 0 Å². The molecule has 3 nitrogen and oxygen atoms in total. The molecule has 0 bridgehead atoms. The van der Waals surface area contributed by atoms with Gasteiger partial charge in [-0.05, 0) is 35.7 Å². The Morgan fingerprint density at radius 2 is 1.65 bits per heavy atom. The van der Waals surface area contributed by atoms with Crippen LogP contribution in [0.15, 0.2) is 48.5 Å². The minimum absolute atomic E-state index is 0.209. The molecule has 0 aliphatic carbocycles. The second-order valence-corrected chi connectivity index (χ2v) is 3.81. The van der Waals surface area contributed by atoms with Gasteiger partial charge in [0, 0.05) is 0 Å². The molecule has 0 aromatic heterocycles. The largest absolute Gasteiger partial charge is 0.508 e. The van der Waals surface area contributed by atoms with Gasteiger partial charge in [0.2, 0.25) is 0 Å². The summed E-state index contributed by atoms with van der Waals surface area (Å²) in [6, 6.07) is 13.7. The molecule has 0 amide bonds.